The number of hydrazone groups is 1. The van der Waals surface area contributed by atoms with E-state index in [9.17, 15) is 15.0 Å². The summed E-state index contributed by atoms with van der Waals surface area (Å²) in [4.78, 5) is 13.8. The molecule has 10 heteroatoms. The first kappa shape index (κ1) is 24.2. The third kappa shape index (κ3) is 3.88. The quantitative estimate of drug-likeness (QED) is 0.347. The number of phenols is 2. The molecule has 4 aromatic carbocycles. The van der Waals surface area contributed by atoms with Crippen molar-refractivity contribution in [3.8, 4) is 51.4 Å². The van der Waals surface area contributed by atoms with E-state index in [1.165, 1.54) is 38.6 Å². The Hall–Kier alpha value is -5.12. The third-order valence-corrected chi connectivity index (χ3v) is 6.85. The van der Waals surface area contributed by atoms with Crippen molar-refractivity contribution in [2.45, 2.75) is 6.54 Å². The zero-order valence-electron chi connectivity index (χ0n) is 21.3. The minimum absolute atomic E-state index is 0.0421. The first-order valence-corrected chi connectivity index (χ1v) is 12.0. The van der Waals surface area contributed by atoms with Crippen LogP contribution < -0.4 is 23.7 Å². The zero-order chi connectivity index (χ0) is 27.3. The Morgan fingerprint density at radius 3 is 2.28 bits per heavy atom. The summed E-state index contributed by atoms with van der Waals surface area (Å²) in [6.45, 7) is 0.154. The SMILES string of the molecule is COc1ccc(/C=N/N2Cc3c(c(-c4ccc5c(c4)OCO5)c4cc(OC)c(OC)cc4c3O)C2=O)cc1O. The van der Waals surface area contributed by atoms with Gasteiger partial charge in [0.05, 0.1) is 39.7 Å². The van der Waals surface area contributed by atoms with Crippen LogP contribution in [0.15, 0.2) is 53.6 Å². The molecule has 198 valence electrons. The second-order valence-corrected chi connectivity index (χ2v) is 8.94. The van der Waals surface area contributed by atoms with Crippen molar-refractivity contribution >= 4 is 22.9 Å². The number of fused-ring (bicyclic) bond motifs is 3. The van der Waals surface area contributed by atoms with Crippen molar-refractivity contribution in [2.24, 2.45) is 5.10 Å². The Bertz CT molecular complexity index is 1680. The summed E-state index contributed by atoms with van der Waals surface area (Å²) in [6.07, 6.45) is 1.46. The molecule has 0 fully saturated rings. The number of carbonyl (C=O) groups is 1. The molecule has 2 aliphatic heterocycles. The van der Waals surface area contributed by atoms with Gasteiger partial charge in [0.25, 0.3) is 5.91 Å². The van der Waals surface area contributed by atoms with Crippen molar-refractivity contribution in [2.75, 3.05) is 28.1 Å². The molecule has 2 aliphatic rings. The van der Waals surface area contributed by atoms with Crippen LogP contribution in [0.5, 0.6) is 40.2 Å². The van der Waals surface area contributed by atoms with E-state index in [2.05, 4.69) is 5.10 Å². The van der Waals surface area contributed by atoms with Crippen molar-refractivity contribution in [1.29, 1.82) is 0 Å². The van der Waals surface area contributed by atoms with Gasteiger partial charge in [0.1, 0.15) is 5.75 Å². The van der Waals surface area contributed by atoms with E-state index in [4.69, 9.17) is 23.7 Å². The van der Waals surface area contributed by atoms with Gasteiger partial charge in [-0.15, -0.1) is 0 Å². The molecule has 0 atom stereocenters. The van der Waals surface area contributed by atoms with Crippen LogP contribution in [0.25, 0.3) is 21.9 Å². The van der Waals surface area contributed by atoms with Crippen LogP contribution >= 0.6 is 0 Å². The average Bonchev–Trinajstić information content (AvgIpc) is 3.55. The number of hydrogen-bond acceptors (Lipinski definition) is 9. The molecule has 6 rings (SSSR count). The Morgan fingerprint density at radius 2 is 1.56 bits per heavy atom. The molecule has 0 aromatic heterocycles. The highest BCUT2D eigenvalue weighted by Crippen LogP contribution is 2.49. The lowest BCUT2D eigenvalue weighted by Gasteiger charge is -2.17. The van der Waals surface area contributed by atoms with Gasteiger partial charge in [0.2, 0.25) is 6.79 Å². The van der Waals surface area contributed by atoms with Gasteiger partial charge in [0, 0.05) is 16.5 Å². The number of benzene rings is 4. The maximum absolute atomic E-state index is 13.8. The number of aromatic hydroxyl groups is 2. The van der Waals surface area contributed by atoms with Gasteiger partial charge < -0.3 is 33.9 Å². The van der Waals surface area contributed by atoms with Crippen LogP contribution in [0.3, 0.4) is 0 Å². The van der Waals surface area contributed by atoms with Crippen molar-refractivity contribution in [3.05, 3.63) is 65.2 Å². The molecule has 0 radical (unpaired) electrons. The summed E-state index contributed by atoms with van der Waals surface area (Å²) >= 11 is 0. The maximum atomic E-state index is 13.8. The standard InChI is InChI=1S/C29H24N2O8/c1-35-21-6-4-15(8-20(21)32)12-30-31-13-19-27(29(31)34)26(16-5-7-22-25(9-16)39-14-38-22)17-10-23(36-2)24(37-3)11-18(17)28(19)33/h4-12,32-33H,13-14H2,1-3H3/b30-12+. The molecule has 39 heavy (non-hydrogen) atoms. The molecule has 2 N–H and O–H groups in total. The van der Waals surface area contributed by atoms with Crippen LogP contribution in [0, 0.1) is 0 Å². The fraction of sp³-hybridized carbons (Fsp3) is 0.172. The van der Waals surface area contributed by atoms with Gasteiger partial charge in [-0.3, -0.25) is 4.79 Å². The molecule has 0 unspecified atom stereocenters. The lowest BCUT2D eigenvalue weighted by Crippen LogP contribution is -2.18. The van der Waals surface area contributed by atoms with Crippen LogP contribution in [-0.4, -0.2) is 55.5 Å². The minimum Gasteiger partial charge on any atom is -0.507 e. The second-order valence-electron chi connectivity index (χ2n) is 8.94. The van der Waals surface area contributed by atoms with Gasteiger partial charge in [-0.25, -0.2) is 5.01 Å². The molecule has 0 aliphatic carbocycles. The van der Waals surface area contributed by atoms with Gasteiger partial charge in [-0.1, -0.05) is 6.07 Å². The summed E-state index contributed by atoms with van der Waals surface area (Å²) in [5, 5.41) is 28.2. The van der Waals surface area contributed by atoms with Gasteiger partial charge in [-0.2, -0.15) is 5.10 Å². The number of rotatable bonds is 6. The number of methoxy groups -OCH3 is 3. The molecule has 0 spiro atoms. The van der Waals surface area contributed by atoms with Gasteiger partial charge >= 0.3 is 0 Å². The Balaban J connectivity index is 1.52. The Labute approximate surface area is 223 Å². The molecule has 2 heterocycles. The fourth-order valence-electron chi connectivity index (χ4n) is 4.96. The molecule has 10 nitrogen and oxygen atoms in total. The summed E-state index contributed by atoms with van der Waals surface area (Å²) in [7, 11) is 4.50. The second kappa shape index (κ2) is 9.32. The lowest BCUT2D eigenvalue weighted by atomic mass is 9.89. The third-order valence-electron chi connectivity index (χ3n) is 6.85. The van der Waals surface area contributed by atoms with Crippen LogP contribution in [0.1, 0.15) is 21.5 Å². The monoisotopic (exact) mass is 528 g/mol. The van der Waals surface area contributed by atoms with E-state index in [0.29, 0.717) is 67.3 Å². The lowest BCUT2D eigenvalue weighted by molar-refractivity contribution is 0.0785. The summed E-state index contributed by atoms with van der Waals surface area (Å²) in [5.41, 5.74) is 2.62. The largest absolute Gasteiger partial charge is 0.507 e. The number of ether oxygens (including phenoxy) is 5. The van der Waals surface area contributed by atoms with E-state index in [0.717, 1.165) is 0 Å². The molecule has 0 bridgehead atoms. The van der Waals surface area contributed by atoms with Crippen molar-refractivity contribution in [3.63, 3.8) is 0 Å². The highest BCUT2D eigenvalue weighted by Gasteiger charge is 2.36. The van der Waals surface area contributed by atoms with Crippen molar-refractivity contribution < 1.29 is 38.7 Å². The number of carbonyl (C=O) groups excluding carboxylic acids is 1. The highest BCUT2D eigenvalue weighted by molar-refractivity contribution is 6.15. The molecular weight excluding hydrogens is 504 g/mol. The number of phenolic OH excluding ortho intramolecular Hbond substituents is 2. The molecule has 0 saturated heterocycles. The summed E-state index contributed by atoms with van der Waals surface area (Å²) in [6, 6.07) is 13.7. The smallest absolute Gasteiger partial charge is 0.275 e. The summed E-state index contributed by atoms with van der Waals surface area (Å²) < 4.78 is 27.2. The first-order valence-electron chi connectivity index (χ1n) is 12.0. The molecule has 1 amide bonds. The van der Waals surface area contributed by atoms with E-state index >= 15 is 0 Å². The normalized spacial score (nSPS) is 13.8. The Morgan fingerprint density at radius 1 is 0.846 bits per heavy atom. The van der Waals surface area contributed by atoms with E-state index in [1.807, 2.05) is 12.1 Å². The highest BCUT2D eigenvalue weighted by atomic mass is 16.7. The molecule has 4 aromatic rings. The zero-order valence-corrected chi connectivity index (χ0v) is 21.3. The van der Waals surface area contributed by atoms with E-state index in [-0.39, 0.29) is 24.8 Å². The molecule has 0 saturated carbocycles. The van der Waals surface area contributed by atoms with E-state index < -0.39 is 5.91 Å². The first-order chi connectivity index (χ1) is 18.9. The number of amides is 1. The predicted molar refractivity (Wildman–Crippen MR) is 142 cm³/mol. The van der Waals surface area contributed by atoms with E-state index in [1.54, 1.807) is 30.3 Å². The summed E-state index contributed by atoms with van der Waals surface area (Å²) in [5.74, 6) is 1.90. The van der Waals surface area contributed by atoms with Crippen molar-refractivity contribution in [1.82, 2.24) is 5.01 Å². The topological polar surface area (TPSA) is 119 Å². The number of hydrogen-bond donors (Lipinski definition) is 2. The minimum atomic E-state index is -0.390. The fourth-order valence-corrected chi connectivity index (χ4v) is 4.96. The van der Waals surface area contributed by atoms with Gasteiger partial charge in [-0.05, 0) is 59.0 Å². The van der Waals surface area contributed by atoms with Crippen LogP contribution in [0.2, 0.25) is 0 Å². The van der Waals surface area contributed by atoms with Crippen LogP contribution in [0.4, 0.5) is 0 Å². The van der Waals surface area contributed by atoms with Crippen LogP contribution in [-0.2, 0) is 6.54 Å². The molecular formula is C29H24N2O8. The maximum Gasteiger partial charge on any atom is 0.275 e. The predicted octanol–water partition coefficient (Wildman–Crippen LogP) is 4.66. The average molecular weight is 529 g/mol. The Kier molecular flexibility index (Phi) is 5.79. The van der Waals surface area contributed by atoms with Gasteiger partial charge in [0.15, 0.2) is 34.5 Å². The number of nitrogens with zero attached hydrogens (tertiary/aromatic N) is 2.